The Bertz CT molecular complexity index is 448. The number of carbonyl (C=O) groups excluding carboxylic acids is 1. The van der Waals surface area contributed by atoms with Crippen LogP contribution in [0.5, 0.6) is 0 Å². The molecule has 1 rings (SSSR count). The third-order valence-electron chi connectivity index (χ3n) is 1.95. The first-order valence-electron chi connectivity index (χ1n) is 4.78. The van der Waals surface area contributed by atoms with Crippen LogP contribution in [0.2, 0.25) is 0 Å². The van der Waals surface area contributed by atoms with Gasteiger partial charge >= 0.3 is 5.97 Å². The van der Waals surface area contributed by atoms with Gasteiger partial charge in [-0.1, -0.05) is 6.08 Å². The lowest BCUT2D eigenvalue weighted by molar-refractivity contribution is -0.137. The average Bonchev–Trinajstić information content (AvgIpc) is 2.28. The lowest BCUT2D eigenvalue weighted by Crippen LogP contribution is -2.36. The SMILES string of the molecule is C=CCN(CC(=O)O)C(=O)c1cccnc1F. The number of hydrogen-bond donors (Lipinski definition) is 1. The molecule has 0 spiro atoms. The minimum atomic E-state index is -1.18. The summed E-state index contributed by atoms with van der Waals surface area (Å²) in [6.07, 6.45) is 2.58. The van der Waals surface area contributed by atoms with Crippen LogP contribution < -0.4 is 0 Å². The van der Waals surface area contributed by atoms with Crippen molar-refractivity contribution in [1.29, 1.82) is 0 Å². The predicted octanol–water partition coefficient (Wildman–Crippen LogP) is 0.933. The van der Waals surface area contributed by atoms with Gasteiger partial charge in [0.25, 0.3) is 5.91 Å². The summed E-state index contributed by atoms with van der Waals surface area (Å²) < 4.78 is 13.2. The molecule has 1 aromatic heterocycles. The second kappa shape index (κ2) is 5.74. The van der Waals surface area contributed by atoms with E-state index in [0.717, 1.165) is 4.90 Å². The Labute approximate surface area is 97.2 Å². The number of carboxylic acid groups (broad SMARTS) is 1. The maximum Gasteiger partial charge on any atom is 0.323 e. The number of halogens is 1. The number of aliphatic carboxylic acids is 1. The van der Waals surface area contributed by atoms with Gasteiger partial charge in [-0.05, 0) is 12.1 Å². The predicted molar refractivity (Wildman–Crippen MR) is 57.9 cm³/mol. The third kappa shape index (κ3) is 3.37. The summed E-state index contributed by atoms with van der Waals surface area (Å²) in [5.41, 5.74) is -0.254. The molecule has 0 fully saturated rings. The Morgan fingerprint density at radius 1 is 1.59 bits per heavy atom. The molecule has 0 aromatic carbocycles. The van der Waals surface area contributed by atoms with Crippen molar-refractivity contribution in [3.05, 3.63) is 42.5 Å². The van der Waals surface area contributed by atoms with Crippen molar-refractivity contribution in [2.45, 2.75) is 0 Å². The normalized spacial score (nSPS) is 9.71. The van der Waals surface area contributed by atoms with Crippen LogP contribution in [-0.2, 0) is 4.79 Å². The maximum atomic E-state index is 13.2. The first kappa shape index (κ1) is 12.8. The van der Waals surface area contributed by atoms with Gasteiger partial charge in [0.1, 0.15) is 6.54 Å². The van der Waals surface area contributed by atoms with Gasteiger partial charge in [0.2, 0.25) is 5.95 Å². The molecular weight excluding hydrogens is 227 g/mol. The second-order valence-corrected chi connectivity index (χ2v) is 3.21. The smallest absolute Gasteiger partial charge is 0.323 e. The van der Waals surface area contributed by atoms with E-state index in [1.165, 1.54) is 24.4 Å². The van der Waals surface area contributed by atoms with Crippen LogP contribution in [0.15, 0.2) is 31.0 Å². The molecule has 0 atom stereocenters. The summed E-state index contributed by atoms with van der Waals surface area (Å²) >= 11 is 0. The number of nitrogens with zero attached hydrogens (tertiary/aromatic N) is 2. The molecule has 0 bridgehead atoms. The zero-order valence-corrected chi connectivity index (χ0v) is 8.97. The Morgan fingerprint density at radius 2 is 2.29 bits per heavy atom. The Balaban J connectivity index is 2.95. The quantitative estimate of drug-likeness (QED) is 0.612. The molecule has 5 nitrogen and oxygen atoms in total. The van der Waals surface area contributed by atoms with Crippen LogP contribution in [0, 0.1) is 5.95 Å². The molecule has 17 heavy (non-hydrogen) atoms. The fourth-order valence-corrected chi connectivity index (χ4v) is 1.25. The van der Waals surface area contributed by atoms with Crippen molar-refractivity contribution in [3.63, 3.8) is 0 Å². The molecule has 0 aliphatic rings. The van der Waals surface area contributed by atoms with Gasteiger partial charge in [0, 0.05) is 12.7 Å². The van der Waals surface area contributed by atoms with Crippen molar-refractivity contribution >= 4 is 11.9 Å². The topological polar surface area (TPSA) is 70.5 Å². The minimum Gasteiger partial charge on any atom is -0.480 e. The number of rotatable bonds is 5. The highest BCUT2D eigenvalue weighted by atomic mass is 19.1. The summed E-state index contributed by atoms with van der Waals surface area (Å²) in [4.78, 5) is 26.7. The Kier molecular flexibility index (Phi) is 4.33. The number of carboxylic acids is 1. The highest BCUT2D eigenvalue weighted by molar-refractivity contribution is 5.95. The Hall–Kier alpha value is -2.24. The molecule has 0 radical (unpaired) electrons. The molecular formula is C11H11FN2O3. The number of carbonyl (C=O) groups is 2. The zero-order chi connectivity index (χ0) is 12.8. The molecule has 6 heteroatoms. The maximum absolute atomic E-state index is 13.2. The first-order valence-corrected chi connectivity index (χ1v) is 4.78. The van der Waals surface area contributed by atoms with E-state index in [-0.39, 0.29) is 12.1 Å². The van der Waals surface area contributed by atoms with Gasteiger partial charge in [-0.3, -0.25) is 9.59 Å². The van der Waals surface area contributed by atoms with E-state index in [9.17, 15) is 14.0 Å². The molecule has 0 aliphatic heterocycles. The first-order chi connectivity index (χ1) is 8.06. The van der Waals surface area contributed by atoms with Gasteiger partial charge in [-0.15, -0.1) is 6.58 Å². The summed E-state index contributed by atoms with van der Waals surface area (Å²) in [5.74, 6) is -2.82. The summed E-state index contributed by atoms with van der Waals surface area (Å²) in [6.45, 7) is 2.92. The van der Waals surface area contributed by atoms with E-state index < -0.39 is 24.4 Å². The molecule has 90 valence electrons. The molecule has 0 unspecified atom stereocenters. The van der Waals surface area contributed by atoms with E-state index >= 15 is 0 Å². The number of pyridine rings is 1. The van der Waals surface area contributed by atoms with E-state index in [0.29, 0.717) is 0 Å². The van der Waals surface area contributed by atoms with Crippen LogP contribution in [0.3, 0.4) is 0 Å². The van der Waals surface area contributed by atoms with E-state index in [4.69, 9.17) is 5.11 Å². The molecule has 0 saturated heterocycles. The van der Waals surface area contributed by atoms with Crippen LogP contribution in [-0.4, -0.2) is 40.0 Å². The van der Waals surface area contributed by atoms with Crippen LogP contribution in [0.4, 0.5) is 4.39 Å². The van der Waals surface area contributed by atoms with Crippen molar-refractivity contribution in [2.75, 3.05) is 13.1 Å². The van der Waals surface area contributed by atoms with E-state index in [1.807, 2.05) is 0 Å². The molecule has 1 heterocycles. The van der Waals surface area contributed by atoms with Crippen molar-refractivity contribution < 1.29 is 19.1 Å². The summed E-state index contributed by atoms with van der Waals surface area (Å²) in [5, 5.41) is 8.64. The zero-order valence-electron chi connectivity index (χ0n) is 8.97. The van der Waals surface area contributed by atoms with Crippen LogP contribution in [0.25, 0.3) is 0 Å². The van der Waals surface area contributed by atoms with E-state index in [2.05, 4.69) is 11.6 Å². The monoisotopic (exact) mass is 238 g/mol. The number of hydrogen-bond acceptors (Lipinski definition) is 3. The molecule has 1 aromatic rings. The summed E-state index contributed by atoms with van der Waals surface area (Å²) in [7, 11) is 0. The van der Waals surface area contributed by atoms with Crippen molar-refractivity contribution in [3.8, 4) is 0 Å². The van der Waals surface area contributed by atoms with Gasteiger partial charge in [0.05, 0.1) is 5.56 Å². The lowest BCUT2D eigenvalue weighted by Gasteiger charge is -2.18. The highest BCUT2D eigenvalue weighted by Crippen LogP contribution is 2.07. The second-order valence-electron chi connectivity index (χ2n) is 3.21. The number of amides is 1. The fraction of sp³-hybridized carbons (Fsp3) is 0.182. The van der Waals surface area contributed by atoms with Crippen LogP contribution in [0.1, 0.15) is 10.4 Å². The highest BCUT2D eigenvalue weighted by Gasteiger charge is 2.20. The fourth-order valence-electron chi connectivity index (χ4n) is 1.25. The largest absolute Gasteiger partial charge is 0.480 e. The molecule has 0 saturated carbocycles. The average molecular weight is 238 g/mol. The van der Waals surface area contributed by atoms with Crippen LogP contribution >= 0.6 is 0 Å². The number of aromatic nitrogens is 1. The van der Waals surface area contributed by atoms with E-state index in [1.54, 1.807) is 0 Å². The van der Waals surface area contributed by atoms with Crippen molar-refractivity contribution in [2.24, 2.45) is 0 Å². The molecule has 0 aliphatic carbocycles. The van der Waals surface area contributed by atoms with Gasteiger partial charge in [0.15, 0.2) is 0 Å². The molecule has 1 N–H and O–H groups in total. The van der Waals surface area contributed by atoms with Gasteiger partial charge < -0.3 is 10.0 Å². The summed E-state index contributed by atoms with van der Waals surface area (Å²) in [6, 6.07) is 2.66. The lowest BCUT2D eigenvalue weighted by atomic mass is 10.2. The standard InChI is InChI=1S/C11H11FN2O3/c1-2-6-14(7-9(15)16)11(17)8-4-3-5-13-10(8)12/h2-5H,1,6-7H2,(H,15,16). The minimum absolute atomic E-state index is 0.0272. The Morgan fingerprint density at radius 3 is 2.82 bits per heavy atom. The third-order valence-corrected chi connectivity index (χ3v) is 1.95. The van der Waals surface area contributed by atoms with Gasteiger partial charge in [-0.2, -0.15) is 4.39 Å². The van der Waals surface area contributed by atoms with Gasteiger partial charge in [-0.25, -0.2) is 4.98 Å². The van der Waals surface area contributed by atoms with Crippen molar-refractivity contribution in [1.82, 2.24) is 9.88 Å². The molecule has 1 amide bonds.